The van der Waals surface area contributed by atoms with Gasteiger partial charge >= 0.3 is 0 Å². The number of rotatable bonds is 20. The molecule has 1 N–H and O–H groups in total. The van der Waals surface area contributed by atoms with Gasteiger partial charge in [0.05, 0.1) is 11.6 Å². The zero-order valence-corrected chi connectivity index (χ0v) is 31.7. The fourth-order valence-electron chi connectivity index (χ4n) is 6.42. The second-order valence-corrected chi connectivity index (χ2v) is 13.9. The van der Waals surface area contributed by atoms with E-state index in [0.29, 0.717) is 34.8 Å². The van der Waals surface area contributed by atoms with E-state index in [9.17, 15) is 10.1 Å². The van der Waals surface area contributed by atoms with Crippen molar-refractivity contribution in [3.05, 3.63) is 106 Å². The number of carbonyl (C=O) groups is 1. The van der Waals surface area contributed by atoms with Crippen molar-refractivity contribution in [3.63, 3.8) is 0 Å². The topological polar surface area (TPSA) is 52.9 Å². The lowest BCUT2D eigenvalue weighted by molar-refractivity contribution is 0.102. The molecule has 0 saturated carbocycles. The van der Waals surface area contributed by atoms with Gasteiger partial charge in [-0.25, -0.2) is 0 Å². The quantitative estimate of drug-likeness (QED) is 0.145. The molecule has 0 bridgehead atoms. The van der Waals surface area contributed by atoms with Crippen LogP contribution in [0.15, 0.2) is 84.0 Å². The van der Waals surface area contributed by atoms with Crippen LogP contribution in [0.1, 0.15) is 147 Å². The molecule has 2 aromatic rings. The average Bonchev–Trinajstić information content (AvgIpc) is 3.09. The Labute approximate surface area is 294 Å². The van der Waals surface area contributed by atoms with E-state index in [0.717, 1.165) is 63.5 Å². The summed E-state index contributed by atoms with van der Waals surface area (Å²) in [6.45, 7) is 25.2. The lowest BCUT2D eigenvalue weighted by atomic mass is 9.78. The molecule has 0 radical (unpaired) electrons. The Hall–Kier alpha value is -3.64. The van der Waals surface area contributed by atoms with Crippen molar-refractivity contribution in [2.75, 3.05) is 5.32 Å². The summed E-state index contributed by atoms with van der Waals surface area (Å²) in [5, 5.41) is 12.4. The first-order valence-corrected chi connectivity index (χ1v) is 18.7. The Balaban J connectivity index is 2.46. The number of anilines is 1. The van der Waals surface area contributed by atoms with E-state index >= 15 is 0 Å². The largest absolute Gasteiger partial charge is 0.322 e. The lowest BCUT2D eigenvalue weighted by Crippen LogP contribution is -2.13. The number of nitrogens with one attached hydrogen (secondary N) is 1. The van der Waals surface area contributed by atoms with Crippen LogP contribution in [0.5, 0.6) is 0 Å². The smallest absolute Gasteiger partial charge is 0.255 e. The molecule has 260 valence electrons. The molecule has 3 atom stereocenters. The third-order valence-electron chi connectivity index (χ3n) is 9.89. The monoisotopic (exact) mass is 649 g/mol. The Morgan fingerprint density at radius 3 is 2.25 bits per heavy atom. The first kappa shape index (κ1) is 40.5. The number of carbonyl (C=O) groups excluding carboxylic acids is 1. The van der Waals surface area contributed by atoms with Gasteiger partial charge in [0.2, 0.25) is 0 Å². The number of allylic oxidation sites excluding steroid dienone is 7. The first-order chi connectivity index (χ1) is 23.0. The summed E-state index contributed by atoms with van der Waals surface area (Å²) in [7, 11) is 0. The second-order valence-electron chi connectivity index (χ2n) is 13.9. The predicted molar refractivity (Wildman–Crippen MR) is 209 cm³/mol. The lowest BCUT2D eigenvalue weighted by Gasteiger charge is -2.27. The standard InChI is InChI=1S/C45H64N2O/c1-11-16-20-40(32(6)7)29-38(15-5)35(10)37(14-4)24-25-39(18-12-2)43(27-22-33(8)13-3)44-30-42(26-23-34(44)9)47-45(48)41-21-17-19-36(28-41)31-46/h17,19-21,23,26-30,32-33,37,39H,10-16,18,22,24-25H2,1-9H3,(H,47,48). The molecule has 2 aromatic carbocycles. The van der Waals surface area contributed by atoms with E-state index < -0.39 is 0 Å². The highest BCUT2D eigenvalue weighted by Gasteiger charge is 2.22. The van der Waals surface area contributed by atoms with E-state index in [1.165, 1.54) is 39.8 Å². The molecule has 0 spiro atoms. The van der Waals surface area contributed by atoms with Crippen molar-refractivity contribution in [3.8, 4) is 6.07 Å². The minimum absolute atomic E-state index is 0.202. The Bertz CT molecular complexity index is 1460. The van der Waals surface area contributed by atoms with Gasteiger partial charge in [-0.3, -0.25) is 4.79 Å². The molecule has 2 rings (SSSR count). The van der Waals surface area contributed by atoms with Gasteiger partial charge < -0.3 is 5.32 Å². The van der Waals surface area contributed by atoms with Crippen molar-refractivity contribution < 1.29 is 4.79 Å². The van der Waals surface area contributed by atoms with E-state index in [2.05, 4.69) is 104 Å². The molecule has 0 heterocycles. The summed E-state index contributed by atoms with van der Waals surface area (Å²) >= 11 is 0. The minimum Gasteiger partial charge on any atom is -0.322 e. The molecule has 48 heavy (non-hydrogen) atoms. The van der Waals surface area contributed by atoms with Gasteiger partial charge in [-0.05, 0) is 139 Å². The summed E-state index contributed by atoms with van der Waals surface area (Å²) < 4.78 is 0. The van der Waals surface area contributed by atoms with Crippen LogP contribution in [0.2, 0.25) is 0 Å². The highest BCUT2D eigenvalue weighted by atomic mass is 16.1. The maximum Gasteiger partial charge on any atom is 0.255 e. The molecular formula is C45H64N2O. The molecule has 3 nitrogen and oxygen atoms in total. The second kappa shape index (κ2) is 21.4. The van der Waals surface area contributed by atoms with Crippen molar-refractivity contribution >= 4 is 17.2 Å². The van der Waals surface area contributed by atoms with Gasteiger partial charge in [-0.2, -0.15) is 5.26 Å². The van der Waals surface area contributed by atoms with Gasteiger partial charge in [0, 0.05) is 11.3 Å². The summed E-state index contributed by atoms with van der Waals surface area (Å²) in [6.07, 6.45) is 18.4. The molecule has 1 amide bonds. The molecule has 0 fully saturated rings. The van der Waals surface area contributed by atoms with Crippen LogP contribution in [-0.2, 0) is 0 Å². The molecule has 0 saturated heterocycles. The van der Waals surface area contributed by atoms with Gasteiger partial charge in [0.1, 0.15) is 0 Å². The number of nitrogens with zero attached hydrogens (tertiary/aromatic N) is 1. The van der Waals surface area contributed by atoms with Gasteiger partial charge in [0.25, 0.3) is 5.91 Å². The molecule has 3 unspecified atom stereocenters. The van der Waals surface area contributed by atoms with Gasteiger partial charge in [-0.15, -0.1) is 0 Å². The minimum atomic E-state index is -0.202. The maximum absolute atomic E-state index is 13.2. The van der Waals surface area contributed by atoms with E-state index in [1.54, 1.807) is 24.3 Å². The number of aryl methyl sites for hydroxylation is 1. The molecule has 0 aliphatic carbocycles. The van der Waals surface area contributed by atoms with E-state index in [4.69, 9.17) is 6.58 Å². The number of hydrogen-bond acceptors (Lipinski definition) is 2. The highest BCUT2D eigenvalue weighted by molar-refractivity contribution is 6.04. The Kier molecular flexibility index (Phi) is 18.0. The van der Waals surface area contributed by atoms with Crippen LogP contribution in [0.4, 0.5) is 5.69 Å². The number of benzene rings is 2. The van der Waals surface area contributed by atoms with Crippen molar-refractivity contribution in [2.45, 2.75) is 127 Å². The number of nitriles is 1. The van der Waals surface area contributed by atoms with Gasteiger partial charge in [0.15, 0.2) is 0 Å². The normalized spacial score (nSPS) is 14.4. The van der Waals surface area contributed by atoms with Crippen LogP contribution >= 0.6 is 0 Å². The fraction of sp³-hybridized carbons (Fsp3) is 0.511. The average molecular weight is 649 g/mol. The van der Waals surface area contributed by atoms with E-state index in [-0.39, 0.29) is 5.91 Å². The molecule has 0 aliphatic heterocycles. The van der Waals surface area contributed by atoms with Crippen LogP contribution < -0.4 is 5.32 Å². The fourth-order valence-corrected chi connectivity index (χ4v) is 6.42. The van der Waals surface area contributed by atoms with Crippen molar-refractivity contribution in [1.29, 1.82) is 5.26 Å². The zero-order chi connectivity index (χ0) is 35.6. The number of amides is 1. The highest BCUT2D eigenvalue weighted by Crippen LogP contribution is 2.38. The third kappa shape index (κ3) is 12.4. The molecular weight excluding hydrogens is 585 g/mol. The summed E-state index contributed by atoms with van der Waals surface area (Å²) in [6, 6.07) is 15.3. The number of unbranched alkanes of at least 4 members (excludes halogenated alkanes) is 1. The zero-order valence-electron chi connectivity index (χ0n) is 31.7. The van der Waals surface area contributed by atoms with Crippen LogP contribution in [-0.4, -0.2) is 5.91 Å². The van der Waals surface area contributed by atoms with Crippen molar-refractivity contribution in [1.82, 2.24) is 0 Å². The summed E-state index contributed by atoms with van der Waals surface area (Å²) in [5.74, 6) is 1.77. The predicted octanol–water partition coefficient (Wildman–Crippen LogP) is 13.4. The van der Waals surface area contributed by atoms with Crippen LogP contribution in [0.25, 0.3) is 5.57 Å². The Morgan fingerprint density at radius 1 is 0.917 bits per heavy atom. The van der Waals surface area contributed by atoms with Crippen LogP contribution in [0, 0.1) is 41.9 Å². The molecule has 0 aromatic heterocycles. The molecule has 3 heteroatoms. The van der Waals surface area contributed by atoms with Gasteiger partial charge in [-0.1, -0.05) is 112 Å². The third-order valence-corrected chi connectivity index (χ3v) is 9.89. The Morgan fingerprint density at radius 2 is 1.65 bits per heavy atom. The molecule has 0 aliphatic rings. The summed E-state index contributed by atoms with van der Waals surface area (Å²) in [5.41, 5.74) is 9.75. The van der Waals surface area contributed by atoms with Crippen LogP contribution in [0.3, 0.4) is 0 Å². The number of hydrogen-bond donors (Lipinski definition) is 1. The SMILES string of the molecule is C=C(C(=CC(=CCCC)C(C)C)CC)C(CC)CCC(CCC)C(=CCC(C)CC)c1cc(NC(=O)c2cccc(C#N)c2)ccc1C. The maximum atomic E-state index is 13.2. The summed E-state index contributed by atoms with van der Waals surface area (Å²) in [4.78, 5) is 13.2. The van der Waals surface area contributed by atoms with E-state index in [1.807, 2.05) is 6.07 Å². The van der Waals surface area contributed by atoms with Crippen molar-refractivity contribution in [2.24, 2.45) is 23.7 Å². The first-order valence-electron chi connectivity index (χ1n) is 18.7.